The van der Waals surface area contributed by atoms with Gasteiger partial charge in [0.1, 0.15) is 5.75 Å². The molecule has 1 unspecified atom stereocenters. The molecule has 1 aromatic rings. The molecule has 0 saturated carbocycles. The minimum absolute atomic E-state index is 0.0280. The van der Waals surface area contributed by atoms with Crippen molar-refractivity contribution in [2.45, 2.75) is 18.9 Å². The van der Waals surface area contributed by atoms with Crippen LogP contribution in [0.25, 0.3) is 0 Å². The number of rotatable bonds is 3. The van der Waals surface area contributed by atoms with Gasteiger partial charge in [0, 0.05) is 25.3 Å². The number of hydrogen-bond donors (Lipinski definition) is 2. The summed E-state index contributed by atoms with van der Waals surface area (Å²) in [7, 11) is 1.89. The van der Waals surface area contributed by atoms with E-state index in [0.29, 0.717) is 5.56 Å². The van der Waals surface area contributed by atoms with Crippen LogP contribution in [0.15, 0.2) is 18.5 Å². The molecular formula is C12H17N3O2. The Morgan fingerprint density at radius 3 is 3.18 bits per heavy atom. The van der Waals surface area contributed by atoms with Crippen molar-refractivity contribution >= 4 is 5.91 Å². The van der Waals surface area contributed by atoms with Crippen LogP contribution in [0.5, 0.6) is 5.75 Å². The van der Waals surface area contributed by atoms with Gasteiger partial charge in [-0.05, 0) is 26.0 Å². The Balaban J connectivity index is 2.14. The second kappa shape index (κ2) is 5.14. The van der Waals surface area contributed by atoms with Crippen molar-refractivity contribution in [2.75, 3.05) is 20.1 Å². The van der Waals surface area contributed by atoms with Gasteiger partial charge < -0.3 is 15.3 Å². The summed E-state index contributed by atoms with van der Waals surface area (Å²) >= 11 is 0. The lowest BCUT2D eigenvalue weighted by Crippen LogP contribution is -2.40. The number of likely N-dealkylation sites (tertiary alicyclic amines) is 1. The molecule has 1 saturated heterocycles. The van der Waals surface area contributed by atoms with E-state index >= 15 is 0 Å². The maximum atomic E-state index is 12.2. The number of nitrogens with zero attached hydrogens (tertiary/aromatic N) is 2. The van der Waals surface area contributed by atoms with Gasteiger partial charge in [0.25, 0.3) is 5.91 Å². The molecule has 92 valence electrons. The lowest BCUT2D eigenvalue weighted by molar-refractivity contribution is 0.0736. The summed E-state index contributed by atoms with van der Waals surface area (Å²) in [6, 6.07) is 1.71. The Morgan fingerprint density at radius 1 is 1.65 bits per heavy atom. The first-order valence-corrected chi connectivity index (χ1v) is 5.82. The first-order chi connectivity index (χ1) is 8.22. The van der Waals surface area contributed by atoms with Crippen LogP contribution in [0, 0.1) is 0 Å². The van der Waals surface area contributed by atoms with Crippen LogP contribution in [0.4, 0.5) is 0 Å². The molecule has 17 heavy (non-hydrogen) atoms. The SMILES string of the molecule is CNCC1CCCN1C(=O)c1cncc(O)c1. The number of carbonyl (C=O) groups is 1. The molecule has 2 rings (SSSR count). The Bertz CT molecular complexity index is 408. The van der Waals surface area contributed by atoms with Gasteiger partial charge in [-0.2, -0.15) is 0 Å². The molecular weight excluding hydrogens is 218 g/mol. The molecule has 1 aliphatic heterocycles. The van der Waals surface area contributed by atoms with Gasteiger partial charge in [0.05, 0.1) is 11.8 Å². The lowest BCUT2D eigenvalue weighted by Gasteiger charge is -2.24. The first-order valence-electron chi connectivity index (χ1n) is 5.82. The Morgan fingerprint density at radius 2 is 2.47 bits per heavy atom. The van der Waals surface area contributed by atoms with Crippen LogP contribution in [0.1, 0.15) is 23.2 Å². The van der Waals surface area contributed by atoms with Gasteiger partial charge in [-0.15, -0.1) is 0 Å². The molecule has 2 N–H and O–H groups in total. The lowest BCUT2D eigenvalue weighted by atomic mass is 10.2. The van der Waals surface area contributed by atoms with Crippen molar-refractivity contribution < 1.29 is 9.90 Å². The fourth-order valence-corrected chi connectivity index (χ4v) is 2.26. The summed E-state index contributed by atoms with van der Waals surface area (Å²) in [4.78, 5) is 17.9. The standard InChI is InChI=1S/C12H17N3O2/c1-13-7-10-3-2-4-15(10)12(17)9-5-11(16)8-14-6-9/h5-6,8,10,13,16H,2-4,7H2,1H3. The zero-order valence-electron chi connectivity index (χ0n) is 9.89. The number of nitrogens with one attached hydrogen (secondary N) is 1. The molecule has 5 heteroatoms. The van der Waals surface area contributed by atoms with E-state index in [1.807, 2.05) is 11.9 Å². The van der Waals surface area contributed by atoms with Crippen LogP contribution < -0.4 is 5.32 Å². The highest BCUT2D eigenvalue weighted by molar-refractivity contribution is 5.94. The number of carbonyl (C=O) groups excluding carboxylic acids is 1. The molecule has 5 nitrogen and oxygen atoms in total. The van der Waals surface area contributed by atoms with Crippen molar-refractivity contribution in [2.24, 2.45) is 0 Å². The summed E-state index contributed by atoms with van der Waals surface area (Å²) in [6.45, 7) is 1.58. The largest absolute Gasteiger partial charge is 0.506 e. The maximum Gasteiger partial charge on any atom is 0.255 e. The summed E-state index contributed by atoms with van der Waals surface area (Å²) in [5.41, 5.74) is 0.452. The van der Waals surface area contributed by atoms with Gasteiger partial charge in [-0.3, -0.25) is 9.78 Å². The fourth-order valence-electron chi connectivity index (χ4n) is 2.26. The van der Waals surface area contributed by atoms with E-state index in [-0.39, 0.29) is 17.7 Å². The molecule has 0 aromatic carbocycles. The highest BCUT2D eigenvalue weighted by Crippen LogP contribution is 2.20. The summed E-state index contributed by atoms with van der Waals surface area (Å²) < 4.78 is 0. The fraction of sp³-hybridized carbons (Fsp3) is 0.500. The Kier molecular flexibility index (Phi) is 3.58. The van der Waals surface area contributed by atoms with Crippen molar-refractivity contribution in [1.29, 1.82) is 0 Å². The first kappa shape index (κ1) is 11.9. The van der Waals surface area contributed by atoms with Crippen molar-refractivity contribution in [3.05, 3.63) is 24.0 Å². The molecule has 0 radical (unpaired) electrons. The molecule has 0 bridgehead atoms. The van der Waals surface area contributed by atoms with Crippen LogP contribution in [-0.2, 0) is 0 Å². The van der Waals surface area contributed by atoms with Gasteiger partial charge in [0.2, 0.25) is 0 Å². The van der Waals surface area contributed by atoms with Gasteiger partial charge >= 0.3 is 0 Å². The molecule has 1 amide bonds. The smallest absolute Gasteiger partial charge is 0.255 e. The monoisotopic (exact) mass is 235 g/mol. The predicted octanol–water partition coefficient (Wildman–Crippen LogP) is 0.611. The average molecular weight is 235 g/mol. The third-order valence-electron chi connectivity index (χ3n) is 3.05. The highest BCUT2D eigenvalue weighted by atomic mass is 16.3. The van der Waals surface area contributed by atoms with Crippen LogP contribution in [0.2, 0.25) is 0 Å². The van der Waals surface area contributed by atoms with Gasteiger partial charge in [-0.25, -0.2) is 0 Å². The second-order valence-electron chi connectivity index (χ2n) is 4.28. The van der Waals surface area contributed by atoms with E-state index in [4.69, 9.17) is 0 Å². The zero-order chi connectivity index (χ0) is 12.3. The molecule has 2 heterocycles. The highest BCUT2D eigenvalue weighted by Gasteiger charge is 2.28. The minimum Gasteiger partial charge on any atom is -0.506 e. The van der Waals surface area contributed by atoms with Crippen molar-refractivity contribution in [3.8, 4) is 5.75 Å². The number of aromatic nitrogens is 1. The van der Waals surface area contributed by atoms with E-state index in [1.54, 1.807) is 0 Å². The molecule has 1 atom stereocenters. The van der Waals surface area contributed by atoms with Crippen LogP contribution in [-0.4, -0.2) is 47.1 Å². The average Bonchev–Trinajstić information content (AvgIpc) is 2.77. The van der Waals surface area contributed by atoms with Crippen LogP contribution >= 0.6 is 0 Å². The number of hydrogen-bond acceptors (Lipinski definition) is 4. The minimum atomic E-state index is -0.0499. The number of amides is 1. The number of aromatic hydroxyl groups is 1. The molecule has 1 aliphatic rings. The topological polar surface area (TPSA) is 65.5 Å². The normalized spacial score (nSPS) is 19.6. The summed E-state index contributed by atoms with van der Waals surface area (Å²) in [5, 5.41) is 12.4. The molecule has 1 fully saturated rings. The van der Waals surface area contributed by atoms with E-state index in [9.17, 15) is 9.90 Å². The van der Waals surface area contributed by atoms with E-state index in [2.05, 4.69) is 10.3 Å². The maximum absolute atomic E-state index is 12.2. The van der Waals surface area contributed by atoms with Gasteiger partial charge in [-0.1, -0.05) is 0 Å². The summed E-state index contributed by atoms with van der Waals surface area (Å²) in [5.74, 6) is -0.0219. The third kappa shape index (κ3) is 2.55. The quantitative estimate of drug-likeness (QED) is 0.805. The molecule has 0 spiro atoms. The Labute approximate surface area is 100 Å². The van der Waals surface area contributed by atoms with Gasteiger partial charge in [0.15, 0.2) is 0 Å². The van der Waals surface area contributed by atoms with E-state index < -0.39 is 0 Å². The number of pyridine rings is 1. The van der Waals surface area contributed by atoms with E-state index in [0.717, 1.165) is 25.9 Å². The number of likely N-dealkylation sites (N-methyl/N-ethyl adjacent to an activating group) is 1. The van der Waals surface area contributed by atoms with E-state index in [1.165, 1.54) is 18.5 Å². The second-order valence-corrected chi connectivity index (χ2v) is 4.28. The van der Waals surface area contributed by atoms with Crippen LogP contribution in [0.3, 0.4) is 0 Å². The third-order valence-corrected chi connectivity index (χ3v) is 3.05. The van der Waals surface area contributed by atoms with Crippen molar-refractivity contribution in [3.63, 3.8) is 0 Å². The summed E-state index contributed by atoms with van der Waals surface area (Å²) in [6.07, 6.45) is 4.88. The molecule has 1 aromatic heterocycles. The molecule has 0 aliphatic carbocycles. The Hall–Kier alpha value is -1.62. The predicted molar refractivity (Wildman–Crippen MR) is 63.9 cm³/mol. The van der Waals surface area contributed by atoms with Crippen molar-refractivity contribution in [1.82, 2.24) is 15.2 Å². The zero-order valence-corrected chi connectivity index (χ0v) is 9.89.